The van der Waals surface area contributed by atoms with Crippen molar-refractivity contribution in [2.45, 2.75) is 0 Å². The first kappa shape index (κ1) is 7.74. The highest BCUT2D eigenvalue weighted by atomic mass is 35.5. The fourth-order valence-electron chi connectivity index (χ4n) is 0.467. The van der Waals surface area contributed by atoms with Crippen LogP contribution in [0.5, 0.6) is 5.88 Å². The van der Waals surface area contributed by atoms with E-state index in [2.05, 4.69) is 10.2 Å². The summed E-state index contributed by atoms with van der Waals surface area (Å²) >= 11 is 5.34. The van der Waals surface area contributed by atoms with Gasteiger partial charge in [-0.1, -0.05) is 11.6 Å². The third-order valence-corrected chi connectivity index (χ3v) is 1.23. The van der Waals surface area contributed by atoms with Gasteiger partial charge in [-0.15, -0.1) is 10.2 Å². The van der Waals surface area contributed by atoms with Crippen LogP contribution in [0.3, 0.4) is 0 Å². The summed E-state index contributed by atoms with van der Waals surface area (Å²) in [6.07, 6.45) is 0. The summed E-state index contributed by atoms with van der Waals surface area (Å²) in [5, 5.41) is 23.2. The van der Waals surface area contributed by atoms with Crippen LogP contribution in [0.4, 0.5) is 0 Å². The Labute approximate surface area is 66.3 Å². The first-order valence-electron chi connectivity index (χ1n) is 2.56. The van der Waals surface area contributed by atoms with Gasteiger partial charge in [0, 0.05) is 0 Å². The molecule has 6 heteroatoms. The van der Waals surface area contributed by atoms with Gasteiger partial charge < -0.3 is 10.2 Å². The first-order chi connectivity index (χ1) is 5.11. The molecule has 0 unspecified atom stereocenters. The number of aromatic carboxylic acids is 1. The lowest BCUT2D eigenvalue weighted by molar-refractivity contribution is 0.0689. The molecule has 1 aromatic heterocycles. The van der Waals surface area contributed by atoms with E-state index in [4.69, 9.17) is 21.8 Å². The van der Waals surface area contributed by atoms with Gasteiger partial charge in [0.25, 0.3) is 0 Å². The molecule has 0 aromatic carbocycles. The molecule has 0 spiro atoms. The van der Waals surface area contributed by atoms with Gasteiger partial charge in [0.2, 0.25) is 5.88 Å². The third-order valence-electron chi connectivity index (χ3n) is 0.949. The van der Waals surface area contributed by atoms with Crippen molar-refractivity contribution in [1.29, 1.82) is 0 Å². The normalized spacial score (nSPS) is 9.55. The maximum atomic E-state index is 10.2. The van der Waals surface area contributed by atoms with E-state index in [9.17, 15) is 4.79 Å². The van der Waals surface area contributed by atoms with E-state index in [1.165, 1.54) is 0 Å². The van der Waals surface area contributed by atoms with Crippen LogP contribution < -0.4 is 0 Å². The molecule has 1 rings (SSSR count). The van der Waals surface area contributed by atoms with Gasteiger partial charge in [-0.25, -0.2) is 4.79 Å². The predicted octanol–water partition coefficient (Wildman–Crippen LogP) is 0.534. The molecule has 11 heavy (non-hydrogen) atoms. The molecule has 0 bridgehead atoms. The second-order valence-corrected chi connectivity index (χ2v) is 2.11. The number of rotatable bonds is 1. The zero-order valence-corrected chi connectivity index (χ0v) is 5.91. The minimum absolute atomic E-state index is 0.127. The first-order valence-corrected chi connectivity index (χ1v) is 2.94. The number of halogens is 1. The minimum Gasteiger partial charge on any atom is -0.491 e. The molecule has 0 aliphatic carbocycles. The van der Waals surface area contributed by atoms with Crippen LogP contribution in [0.15, 0.2) is 6.07 Å². The monoisotopic (exact) mass is 174 g/mol. The fraction of sp³-hybridized carbons (Fsp3) is 0. The number of carboxylic acids is 1. The van der Waals surface area contributed by atoms with E-state index >= 15 is 0 Å². The van der Waals surface area contributed by atoms with E-state index in [-0.39, 0.29) is 10.7 Å². The van der Waals surface area contributed by atoms with Crippen LogP contribution in [-0.4, -0.2) is 26.4 Å². The van der Waals surface area contributed by atoms with Crippen molar-refractivity contribution in [1.82, 2.24) is 10.2 Å². The van der Waals surface area contributed by atoms with Crippen molar-refractivity contribution in [2.24, 2.45) is 0 Å². The molecule has 0 saturated heterocycles. The Kier molecular flexibility index (Phi) is 1.91. The van der Waals surface area contributed by atoms with Crippen molar-refractivity contribution >= 4 is 17.6 Å². The van der Waals surface area contributed by atoms with Gasteiger partial charge in [-0.3, -0.25) is 0 Å². The van der Waals surface area contributed by atoms with Crippen molar-refractivity contribution in [3.63, 3.8) is 0 Å². The van der Waals surface area contributed by atoms with Gasteiger partial charge in [-0.05, 0) is 6.07 Å². The predicted molar refractivity (Wildman–Crippen MR) is 35.7 cm³/mol. The summed E-state index contributed by atoms with van der Waals surface area (Å²) in [5.74, 6) is -1.71. The van der Waals surface area contributed by atoms with Crippen molar-refractivity contribution in [3.8, 4) is 5.88 Å². The largest absolute Gasteiger partial charge is 0.491 e. The van der Waals surface area contributed by atoms with Gasteiger partial charge in [-0.2, -0.15) is 0 Å². The summed E-state index contributed by atoms with van der Waals surface area (Å²) in [6, 6.07) is 1.02. The molecule has 0 fully saturated rings. The summed E-state index contributed by atoms with van der Waals surface area (Å²) in [7, 11) is 0. The average Bonchev–Trinajstić information content (AvgIpc) is 1.94. The van der Waals surface area contributed by atoms with Crippen molar-refractivity contribution < 1.29 is 15.0 Å². The molecule has 2 N–H and O–H groups in total. The highest BCUT2D eigenvalue weighted by Crippen LogP contribution is 2.18. The Balaban J connectivity index is 3.15. The summed E-state index contributed by atoms with van der Waals surface area (Å²) in [6.45, 7) is 0. The minimum atomic E-state index is -1.24. The van der Waals surface area contributed by atoms with Gasteiger partial charge in [0.05, 0.1) is 0 Å². The molecule has 0 radical (unpaired) electrons. The van der Waals surface area contributed by atoms with Gasteiger partial charge >= 0.3 is 5.97 Å². The zero-order chi connectivity index (χ0) is 8.43. The van der Waals surface area contributed by atoms with Gasteiger partial charge in [0.1, 0.15) is 5.02 Å². The number of carboxylic acid groups (broad SMARTS) is 1. The van der Waals surface area contributed by atoms with E-state index in [0.717, 1.165) is 6.07 Å². The van der Waals surface area contributed by atoms with Crippen LogP contribution >= 0.6 is 11.6 Å². The molecule has 0 saturated carbocycles. The van der Waals surface area contributed by atoms with Crippen LogP contribution in [-0.2, 0) is 0 Å². The molecule has 0 atom stereocenters. The summed E-state index contributed by atoms with van der Waals surface area (Å²) in [4.78, 5) is 10.2. The number of hydrogen-bond acceptors (Lipinski definition) is 4. The molecule has 1 aromatic rings. The number of nitrogens with zero attached hydrogens (tertiary/aromatic N) is 2. The third kappa shape index (κ3) is 1.56. The van der Waals surface area contributed by atoms with Gasteiger partial charge in [0.15, 0.2) is 5.69 Å². The fourth-order valence-corrected chi connectivity index (χ4v) is 0.608. The molecule has 1 heterocycles. The molecule has 5 nitrogen and oxygen atoms in total. The maximum Gasteiger partial charge on any atom is 0.356 e. The quantitative estimate of drug-likeness (QED) is 0.649. The second kappa shape index (κ2) is 2.71. The molecule has 0 aliphatic heterocycles. The average molecular weight is 175 g/mol. The number of carbonyl (C=O) groups is 1. The Hall–Kier alpha value is -1.36. The van der Waals surface area contributed by atoms with Crippen LogP contribution in [0.1, 0.15) is 10.5 Å². The molecule has 58 valence electrons. The van der Waals surface area contributed by atoms with Crippen molar-refractivity contribution in [2.75, 3.05) is 0 Å². The van der Waals surface area contributed by atoms with Crippen molar-refractivity contribution in [3.05, 3.63) is 16.8 Å². The Morgan fingerprint density at radius 1 is 1.55 bits per heavy atom. The molecular weight excluding hydrogens is 172 g/mol. The lowest BCUT2D eigenvalue weighted by atomic mass is 10.4. The van der Waals surface area contributed by atoms with Crippen LogP contribution in [0, 0.1) is 0 Å². The van der Waals surface area contributed by atoms with Crippen LogP contribution in [0.25, 0.3) is 0 Å². The lowest BCUT2D eigenvalue weighted by Gasteiger charge is -1.94. The molecule has 0 amide bonds. The number of hydrogen-bond donors (Lipinski definition) is 2. The Morgan fingerprint density at radius 2 is 2.18 bits per heavy atom. The summed E-state index contributed by atoms with van der Waals surface area (Å²) in [5.41, 5.74) is -0.298. The summed E-state index contributed by atoms with van der Waals surface area (Å²) < 4.78 is 0. The number of aromatic nitrogens is 2. The highest BCUT2D eigenvalue weighted by molar-refractivity contribution is 6.32. The van der Waals surface area contributed by atoms with Crippen LogP contribution in [0.2, 0.25) is 5.02 Å². The smallest absolute Gasteiger partial charge is 0.356 e. The zero-order valence-electron chi connectivity index (χ0n) is 5.15. The van der Waals surface area contributed by atoms with E-state index < -0.39 is 11.8 Å². The lowest BCUT2D eigenvalue weighted by Crippen LogP contribution is -2.01. The second-order valence-electron chi connectivity index (χ2n) is 1.71. The highest BCUT2D eigenvalue weighted by Gasteiger charge is 2.08. The molecular formula is C5H3ClN2O3. The topological polar surface area (TPSA) is 83.3 Å². The molecule has 0 aliphatic rings. The Morgan fingerprint density at radius 3 is 2.64 bits per heavy atom. The standard InChI is InChI=1S/C5H3ClN2O3/c6-2-1-3(5(10)11)7-8-4(2)9/h1H,(H,8,9)(H,10,11). The Bertz CT molecular complexity index is 302. The number of aromatic hydroxyl groups is 1. The van der Waals surface area contributed by atoms with E-state index in [1.54, 1.807) is 0 Å². The SMILES string of the molecule is O=C(O)c1cc(Cl)c(O)nn1. The van der Waals surface area contributed by atoms with E-state index in [0.29, 0.717) is 0 Å². The van der Waals surface area contributed by atoms with E-state index in [1.807, 2.05) is 0 Å². The maximum absolute atomic E-state index is 10.2.